The molecular weight excluding hydrogens is 380 g/mol. The fraction of sp³-hybridized carbons (Fsp3) is 0.0952. The third-order valence-corrected chi connectivity index (χ3v) is 3.86. The van der Waals surface area contributed by atoms with Crippen LogP contribution in [0.15, 0.2) is 60.9 Å². The van der Waals surface area contributed by atoms with Crippen LogP contribution in [-0.2, 0) is 0 Å². The summed E-state index contributed by atoms with van der Waals surface area (Å²) in [5.41, 5.74) is 0.888. The number of benzene rings is 2. The zero-order chi connectivity index (χ0) is 20.8. The van der Waals surface area contributed by atoms with E-state index in [9.17, 15) is 18.4 Å². The van der Waals surface area contributed by atoms with Crippen LogP contribution in [0, 0.1) is 11.6 Å². The van der Waals surface area contributed by atoms with Crippen molar-refractivity contribution in [1.82, 2.24) is 4.98 Å². The topological polar surface area (TPSA) is 80.3 Å². The summed E-state index contributed by atoms with van der Waals surface area (Å²) in [5.74, 6) is -2.48. The van der Waals surface area contributed by atoms with Gasteiger partial charge in [-0.2, -0.15) is 0 Å². The highest BCUT2D eigenvalue weighted by atomic mass is 19.2. The molecule has 0 aliphatic rings. The largest absolute Gasteiger partial charge is 0.494 e. The minimum atomic E-state index is -1.08. The first-order valence-corrected chi connectivity index (χ1v) is 8.72. The number of halogens is 2. The summed E-state index contributed by atoms with van der Waals surface area (Å²) in [6.45, 7) is 2.41. The molecule has 3 aromatic rings. The summed E-state index contributed by atoms with van der Waals surface area (Å²) in [5, 5.41) is 5.13. The molecule has 1 heterocycles. The lowest BCUT2D eigenvalue weighted by Crippen LogP contribution is -2.16. The molecule has 2 aromatic carbocycles. The molecule has 0 aliphatic heterocycles. The quantitative estimate of drug-likeness (QED) is 0.651. The number of hydrogen-bond donors (Lipinski definition) is 2. The summed E-state index contributed by atoms with van der Waals surface area (Å²) in [4.78, 5) is 28.7. The molecule has 0 aliphatic carbocycles. The third-order valence-electron chi connectivity index (χ3n) is 3.86. The minimum absolute atomic E-state index is 0.0816. The Balaban J connectivity index is 1.69. The van der Waals surface area contributed by atoms with E-state index in [4.69, 9.17) is 4.74 Å². The molecule has 0 fully saturated rings. The lowest BCUT2D eigenvalue weighted by atomic mass is 10.1. The van der Waals surface area contributed by atoms with Gasteiger partial charge in [0.2, 0.25) is 0 Å². The van der Waals surface area contributed by atoms with E-state index in [0.29, 0.717) is 18.0 Å². The Morgan fingerprint density at radius 1 is 0.862 bits per heavy atom. The van der Waals surface area contributed by atoms with Crippen molar-refractivity contribution in [2.75, 3.05) is 17.2 Å². The average molecular weight is 397 g/mol. The van der Waals surface area contributed by atoms with Gasteiger partial charge in [0.05, 0.1) is 17.7 Å². The zero-order valence-corrected chi connectivity index (χ0v) is 15.4. The number of rotatable bonds is 6. The normalized spacial score (nSPS) is 10.3. The zero-order valence-electron chi connectivity index (χ0n) is 15.4. The van der Waals surface area contributed by atoms with Crippen LogP contribution in [0.5, 0.6) is 5.75 Å². The third kappa shape index (κ3) is 5.13. The fourth-order valence-electron chi connectivity index (χ4n) is 2.47. The molecule has 29 heavy (non-hydrogen) atoms. The molecular formula is C21H17F2N3O3. The average Bonchev–Trinajstić information content (AvgIpc) is 2.72. The number of hydrogen-bond acceptors (Lipinski definition) is 4. The Morgan fingerprint density at radius 2 is 1.45 bits per heavy atom. The fourth-order valence-corrected chi connectivity index (χ4v) is 2.47. The highest BCUT2D eigenvalue weighted by Crippen LogP contribution is 2.17. The van der Waals surface area contributed by atoms with E-state index in [0.717, 1.165) is 12.1 Å². The van der Waals surface area contributed by atoms with Crippen molar-refractivity contribution in [3.05, 3.63) is 83.7 Å². The second-order valence-electron chi connectivity index (χ2n) is 5.96. The highest BCUT2D eigenvalue weighted by molar-refractivity contribution is 6.08. The van der Waals surface area contributed by atoms with Gasteiger partial charge in [0, 0.05) is 29.8 Å². The van der Waals surface area contributed by atoms with Gasteiger partial charge in [-0.05, 0) is 49.4 Å². The molecule has 8 heteroatoms. The van der Waals surface area contributed by atoms with Crippen LogP contribution in [0.2, 0.25) is 0 Å². The molecule has 0 atom stereocenters. The first kappa shape index (κ1) is 19.9. The number of aromatic nitrogens is 1. The maximum atomic E-state index is 13.3. The Bertz CT molecular complexity index is 1040. The van der Waals surface area contributed by atoms with Gasteiger partial charge in [0.15, 0.2) is 11.6 Å². The molecule has 0 bridgehead atoms. The number of anilines is 2. The monoisotopic (exact) mass is 397 g/mol. The second-order valence-corrected chi connectivity index (χ2v) is 5.96. The maximum Gasteiger partial charge on any atom is 0.257 e. The Kier molecular flexibility index (Phi) is 6.13. The summed E-state index contributed by atoms with van der Waals surface area (Å²) >= 11 is 0. The van der Waals surface area contributed by atoms with E-state index < -0.39 is 23.4 Å². The molecule has 6 nitrogen and oxygen atoms in total. The van der Waals surface area contributed by atoms with Gasteiger partial charge < -0.3 is 15.4 Å². The van der Waals surface area contributed by atoms with Crippen molar-refractivity contribution < 1.29 is 23.1 Å². The molecule has 0 unspecified atom stereocenters. The first-order valence-electron chi connectivity index (χ1n) is 8.72. The van der Waals surface area contributed by atoms with Crippen LogP contribution in [0.3, 0.4) is 0 Å². The van der Waals surface area contributed by atoms with E-state index >= 15 is 0 Å². The predicted octanol–water partition coefficient (Wildman–Crippen LogP) is 4.26. The van der Waals surface area contributed by atoms with Crippen molar-refractivity contribution in [2.24, 2.45) is 0 Å². The van der Waals surface area contributed by atoms with Crippen LogP contribution in [-0.4, -0.2) is 23.4 Å². The van der Waals surface area contributed by atoms with Gasteiger partial charge in [0.1, 0.15) is 5.75 Å². The standard InChI is InChI=1S/C21H17F2N3O3/c1-2-29-17-6-3-15(4-7-17)25-20(27)13-9-14(12-24-11-13)21(28)26-16-5-8-18(22)19(23)10-16/h3-12H,2H2,1H3,(H,25,27)(H,26,28). The van der Waals surface area contributed by atoms with Crippen molar-refractivity contribution in [2.45, 2.75) is 6.92 Å². The van der Waals surface area contributed by atoms with E-state index in [1.165, 1.54) is 24.5 Å². The van der Waals surface area contributed by atoms with Gasteiger partial charge in [-0.15, -0.1) is 0 Å². The Hall–Kier alpha value is -3.81. The van der Waals surface area contributed by atoms with Crippen LogP contribution < -0.4 is 15.4 Å². The summed E-state index contributed by atoms with van der Waals surface area (Å²) in [6.07, 6.45) is 2.58. The van der Waals surface area contributed by atoms with Crippen LogP contribution in [0.4, 0.5) is 20.2 Å². The van der Waals surface area contributed by atoms with Gasteiger partial charge >= 0.3 is 0 Å². The lowest BCUT2D eigenvalue weighted by molar-refractivity contribution is 0.102. The number of nitrogens with zero attached hydrogens (tertiary/aromatic N) is 1. The van der Waals surface area contributed by atoms with Crippen molar-refractivity contribution >= 4 is 23.2 Å². The van der Waals surface area contributed by atoms with Gasteiger partial charge in [0.25, 0.3) is 11.8 Å². The smallest absolute Gasteiger partial charge is 0.257 e. The summed E-state index contributed by atoms with van der Waals surface area (Å²) < 4.78 is 31.6. The number of carbonyl (C=O) groups excluding carboxylic acids is 2. The molecule has 0 radical (unpaired) electrons. The number of nitrogens with one attached hydrogen (secondary N) is 2. The number of amides is 2. The second kappa shape index (κ2) is 8.92. The SMILES string of the molecule is CCOc1ccc(NC(=O)c2cncc(C(=O)Nc3ccc(F)c(F)c3)c2)cc1. The first-order chi connectivity index (χ1) is 14.0. The molecule has 3 rings (SSSR count). The molecule has 2 N–H and O–H groups in total. The Labute approximate surface area is 165 Å². The molecule has 0 saturated heterocycles. The summed E-state index contributed by atoms with van der Waals surface area (Å²) in [6, 6.07) is 11.2. The van der Waals surface area contributed by atoms with Crippen LogP contribution in [0.1, 0.15) is 27.6 Å². The molecule has 148 valence electrons. The van der Waals surface area contributed by atoms with Crippen LogP contribution in [0.25, 0.3) is 0 Å². The van der Waals surface area contributed by atoms with Crippen LogP contribution >= 0.6 is 0 Å². The van der Waals surface area contributed by atoms with Gasteiger partial charge in [-0.25, -0.2) is 8.78 Å². The Morgan fingerprint density at radius 3 is 2.03 bits per heavy atom. The van der Waals surface area contributed by atoms with E-state index in [1.54, 1.807) is 24.3 Å². The summed E-state index contributed by atoms with van der Waals surface area (Å²) in [7, 11) is 0. The highest BCUT2D eigenvalue weighted by Gasteiger charge is 2.13. The van der Waals surface area contributed by atoms with E-state index in [-0.39, 0.29) is 16.8 Å². The molecule has 0 spiro atoms. The minimum Gasteiger partial charge on any atom is -0.494 e. The number of carbonyl (C=O) groups is 2. The van der Waals surface area contributed by atoms with E-state index in [1.807, 2.05) is 6.92 Å². The van der Waals surface area contributed by atoms with E-state index in [2.05, 4.69) is 15.6 Å². The number of pyridine rings is 1. The number of ether oxygens (including phenoxy) is 1. The maximum absolute atomic E-state index is 13.3. The molecule has 0 saturated carbocycles. The van der Waals surface area contributed by atoms with Gasteiger partial charge in [-0.1, -0.05) is 0 Å². The van der Waals surface area contributed by atoms with Crippen molar-refractivity contribution in [3.63, 3.8) is 0 Å². The van der Waals surface area contributed by atoms with Gasteiger partial charge in [-0.3, -0.25) is 14.6 Å². The lowest BCUT2D eigenvalue weighted by Gasteiger charge is -2.09. The molecule has 2 amide bonds. The molecule has 1 aromatic heterocycles. The van der Waals surface area contributed by atoms with Crippen molar-refractivity contribution in [1.29, 1.82) is 0 Å². The predicted molar refractivity (Wildman–Crippen MR) is 104 cm³/mol. The van der Waals surface area contributed by atoms with Crippen molar-refractivity contribution in [3.8, 4) is 5.75 Å².